The van der Waals surface area contributed by atoms with Crippen LogP contribution in [0.5, 0.6) is 0 Å². The highest BCUT2D eigenvalue weighted by Gasteiger charge is 2.20. The number of hydrogen-bond donors (Lipinski definition) is 1. The van der Waals surface area contributed by atoms with Gasteiger partial charge in [-0.05, 0) is 24.5 Å². The molecule has 0 aliphatic rings. The predicted molar refractivity (Wildman–Crippen MR) is 74.9 cm³/mol. The Bertz CT molecular complexity index is 480. The van der Waals surface area contributed by atoms with Gasteiger partial charge in [-0.25, -0.2) is 0 Å². The van der Waals surface area contributed by atoms with Gasteiger partial charge in [0.05, 0.1) is 4.92 Å². The van der Waals surface area contributed by atoms with Crippen LogP contribution < -0.4 is 5.32 Å². The standard InChI is InChI=1S/C12H14Cl2N2O3/c1-8(4-5-13)7-15-12(17)10-6-9(14)2-3-11(10)16(18)19/h2-3,6,8H,4-5,7H2,1H3,(H,15,17). The van der Waals surface area contributed by atoms with E-state index < -0.39 is 10.8 Å². The summed E-state index contributed by atoms with van der Waals surface area (Å²) in [5.41, 5.74) is -0.289. The second-order valence-electron chi connectivity index (χ2n) is 4.21. The third kappa shape index (κ3) is 4.69. The Hall–Kier alpha value is -1.33. The summed E-state index contributed by atoms with van der Waals surface area (Å²) in [5.74, 6) is 0.212. The van der Waals surface area contributed by atoms with E-state index >= 15 is 0 Å². The number of nitrogens with zero attached hydrogens (tertiary/aromatic N) is 1. The van der Waals surface area contributed by atoms with Crippen molar-refractivity contribution in [2.24, 2.45) is 5.92 Å². The van der Waals surface area contributed by atoms with Gasteiger partial charge in [-0.1, -0.05) is 18.5 Å². The normalized spacial score (nSPS) is 11.9. The number of halogens is 2. The second kappa shape index (κ2) is 7.31. The van der Waals surface area contributed by atoms with Gasteiger partial charge < -0.3 is 5.32 Å². The number of benzene rings is 1. The number of nitrogens with one attached hydrogen (secondary N) is 1. The topological polar surface area (TPSA) is 72.2 Å². The predicted octanol–water partition coefficient (Wildman–Crippen LogP) is 3.24. The van der Waals surface area contributed by atoms with Gasteiger partial charge in [0.2, 0.25) is 0 Å². The molecular weight excluding hydrogens is 291 g/mol. The van der Waals surface area contributed by atoms with Crippen molar-refractivity contribution in [2.75, 3.05) is 12.4 Å². The monoisotopic (exact) mass is 304 g/mol. The zero-order valence-electron chi connectivity index (χ0n) is 10.4. The van der Waals surface area contributed by atoms with Crippen molar-refractivity contribution in [3.05, 3.63) is 38.9 Å². The number of alkyl halides is 1. The average Bonchev–Trinajstić information content (AvgIpc) is 2.35. The zero-order chi connectivity index (χ0) is 14.4. The van der Waals surface area contributed by atoms with Gasteiger partial charge in [-0.3, -0.25) is 14.9 Å². The van der Waals surface area contributed by atoms with E-state index in [-0.39, 0.29) is 22.2 Å². The van der Waals surface area contributed by atoms with Crippen LogP contribution in [0.1, 0.15) is 23.7 Å². The van der Waals surface area contributed by atoms with Gasteiger partial charge >= 0.3 is 0 Å². The van der Waals surface area contributed by atoms with E-state index in [1.54, 1.807) is 0 Å². The summed E-state index contributed by atoms with van der Waals surface area (Å²) in [4.78, 5) is 22.2. The highest BCUT2D eigenvalue weighted by atomic mass is 35.5. The molecule has 7 heteroatoms. The van der Waals surface area contributed by atoms with E-state index in [1.807, 2.05) is 6.92 Å². The third-order valence-corrected chi connectivity index (χ3v) is 3.07. The van der Waals surface area contributed by atoms with E-state index in [0.717, 1.165) is 6.42 Å². The largest absolute Gasteiger partial charge is 0.352 e. The molecule has 0 aliphatic heterocycles. The quantitative estimate of drug-likeness (QED) is 0.498. The first-order valence-electron chi connectivity index (χ1n) is 5.73. The molecule has 1 unspecified atom stereocenters. The molecular formula is C12H14Cl2N2O3. The van der Waals surface area contributed by atoms with Crippen molar-refractivity contribution < 1.29 is 9.72 Å². The maximum Gasteiger partial charge on any atom is 0.282 e. The van der Waals surface area contributed by atoms with Crippen LogP contribution in [-0.4, -0.2) is 23.3 Å². The van der Waals surface area contributed by atoms with Gasteiger partial charge in [0.15, 0.2) is 0 Å². The Labute approximate surface area is 121 Å². The van der Waals surface area contributed by atoms with Crippen molar-refractivity contribution in [1.29, 1.82) is 0 Å². The van der Waals surface area contributed by atoms with Crippen LogP contribution in [-0.2, 0) is 0 Å². The molecule has 0 aromatic heterocycles. The van der Waals surface area contributed by atoms with Crippen LogP contribution in [0.4, 0.5) is 5.69 Å². The van der Waals surface area contributed by atoms with Crippen LogP contribution in [0.2, 0.25) is 5.02 Å². The molecule has 0 aliphatic carbocycles. The smallest absolute Gasteiger partial charge is 0.282 e. The summed E-state index contributed by atoms with van der Waals surface area (Å²) >= 11 is 11.4. The third-order valence-electron chi connectivity index (χ3n) is 2.61. The number of nitro groups is 1. The molecule has 104 valence electrons. The van der Waals surface area contributed by atoms with Gasteiger partial charge in [0.25, 0.3) is 11.6 Å². The number of nitro benzene ring substituents is 1. The fourth-order valence-corrected chi connectivity index (χ4v) is 2.04. The Balaban J connectivity index is 2.81. The Kier molecular flexibility index (Phi) is 6.05. The van der Waals surface area contributed by atoms with Gasteiger partial charge in [0, 0.05) is 23.5 Å². The highest BCUT2D eigenvalue weighted by Crippen LogP contribution is 2.22. The molecule has 5 nitrogen and oxygen atoms in total. The molecule has 1 amide bonds. The lowest BCUT2D eigenvalue weighted by molar-refractivity contribution is -0.385. The lowest BCUT2D eigenvalue weighted by Crippen LogP contribution is -2.29. The van der Waals surface area contributed by atoms with Crippen LogP contribution in [0.25, 0.3) is 0 Å². The molecule has 0 bridgehead atoms. The number of rotatable bonds is 6. The van der Waals surface area contributed by atoms with Crippen molar-refractivity contribution in [3.8, 4) is 0 Å². The van der Waals surface area contributed by atoms with Crippen LogP contribution in [0, 0.1) is 16.0 Å². The van der Waals surface area contributed by atoms with E-state index in [0.29, 0.717) is 12.4 Å². The first kappa shape index (κ1) is 15.7. The number of hydrogen-bond acceptors (Lipinski definition) is 3. The maximum absolute atomic E-state index is 11.9. The molecule has 1 aromatic rings. The summed E-state index contributed by atoms with van der Waals surface area (Å²) in [6.07, 6.45) is 0.763. The maximum atomic E-state index is 11.9. The van der Waals surface area contributed by atoms with Crippen molar-refractivity contribution in [2.45, 2.75) is 13.3 Å². The SMILES string of the molecule is CC(CCCl)CNC(=O)c1cc(Cl)ccc1[N+](=O)[O-]. The number of carbonyl (C=O) groups excluding carboxylic acids is 1. The average molecular weight is 305 g/mol. The fraction of sp³-hybridized carbons (Fsp3) is 0.417. The Morgan fingerprint density at radius 2 is 2.21 bits per heavy atom. The number of carbonyl (C=O) groups is 1. The molecule has 0 spiro atoms. The molecule has 1 aromatic carbocycles. The molecule has 0 saturated carbocycles. The second-order valence-corrected chi connectivity index (χ2v) is 5.03. The molecule has 0 heterocycles. The van der Waals surface area contributed by atoms with Crippen LogP contribution in [0.3, 0.4) is 0 Å². The molecule has 1 atom stereocenters. The summed E-state index contributed by atoms with van der Waals surface area (Å²) < 4.78 is 0. The highest BCUT2D eigenvalue weighted by molar-refractivity contribution is 6.31. The summed E-state index contributed by atoms with van der Waals surface area (Å²) in [6, 6.07) is 3.90. The molecule has 0 saturated heterocycles. The molecule has 1 rings (SSSR count). The van der Waals surface area contributed by atoms with Crippen molar-refractivity contribution in [1.82, 2.24) is 5.32 Å². The van der Waals surface area contributed by atoms with Gasteiger partial charge in [-0.15, -0.1) is 11.6 Å². The first-order chi connectivity index (χ1) is 8.95. The van der Waals surface area contributed by atoms with Crippen LogP contribution >= 0.6 is 23.2 Å². The zero-order valence-corrected chi connectivity index (χ0v) is 11.9. The van der Waals surface area contributed by atoms with E-state index in [1.165, 1.54) is 18.2 Å². The summed E-state index contributed by atoms with van der Waals surface area (Å²) in [5, 5.41) is 13.8. The molecule has 0 fully saturated rings. The minimum absolute atomic E-state index is 0.0319. The van der Waals surface area contributed by atoms with E-state index in [4.69, 9.17) is 23.2 Å². The summed E-state index contributed by atoms with van der Waals surface area (Å²) in [7, 11) is 0. The minimum Gasteiger partial charge on any atom is -0.352 e. The lowest BCUT2D eigenvalue weighted by atomic mass is 10.1. The molecule has 0 radical (unpaired) electrons. The van der Waals surface area contributed by atoms with E-state index in [9.17, 15) is 14.9 Å². The van der Waals surface area contributed by atoms with E-state index in [2.05, 4.69) is 5.32 Å². The Morgan fingerprint density at radius 3 is 2.79 bits per heavy atom. The fourth-order valence-electron chi connectivity index (χ4n) is 1.50. The summed E-state index contributed by atoms with van der Waals surface area (Å²) in [6.45, 7) is 2.35. The van der Waals surface area contributed by atoms with Crippen molar-refractivity contribution >= 4 is 34.8 Å². The lowest BCUT2D eigenvalue weighted by Gasteiger charge is -2.11. The number of amides is 1. The van der Waals surface area contributed by atoms with Gasteiger partial charge in [-0.2, -0.15) is 0 Å². The van der Waals surface area contributed by atoms with Crippen molar-refractivity contribution in [3.63, 3.8) is 0 Å². The van der Waals surface area contributed by atoms with Crippen LogP contribution in [0.15, 0.2) is 18.2 Å². The molecule has 19 heavy (non-hydrogen) atoms. The van der Waals surface area contributed by atoms with Gasteiger partial charge in [0.1, 0.15) is 5.56 Å². The first-order valence-corrected chi connectivity index (χ1v) is 6.65. The molecule has 1 N–H and O–H groups in total. The minimum atomic E-state index is -0.604. The Morgan fingerprint density at radius 1 is 1.53 bits per heavy atom.